The topological polar surface area (TPSA) is 38.0 Å². The van der Waals surface area contributed by atoms with Crippen LogP contribution in [0.4, 0.5) is 5.69 Å². The number of hydrogen-bond acceptors (Lipinski definition) is 2. The molecule has 3 saturated carbocycles. The van der Waals surface area contributed by atoms with Crippen LogP contribution in [0.5, 0.6) is 0 Å². The Morgan fingerprint density at radius 2 is 1.48 bits per heavy atom. The van der Waals surface area contributed by atoms with Crippen LogP contribution in [-0.4, -0.2) is 12.1 Å². The highest BCUT2D eigenvalue weighted by Crippen LogP contribution is 2.51. The molecule has 0 amide bonds. The zero-order chi connectivity index (χ0) is 15.1. The maximum atomic E-state index is 6.40. The molecule has 4 rings (SSSR count). The van der Waals surface area contributed by atoms with E-state index in [2.05, 4.69) is 50.4 Å². The third-order valence-corrected chi connectivity index (χ3v) is 5.88. The first-order chi connectivity index (χ1) is 9.80. The van der Waals surface area contributed by atoms with Gasteiger partial charge in [0.1, 0.15) is 0 Å². The molecule has 2 bridgehead atoms. The third kappa shape index (κ3) is 3.11. The van der Waals surface area contributed by atoms with Gasteiger partial charge in [-0.15, -0.1) is 0 Å². The van der Waals surface area contributed by atoms with Gasteiger partial charge in [-0.05, 0) is 67.1 Å². The Balaban J connectivity index is 1.61. The van der Waals surface area contributed by atoms with Crippen LogP contribution in [0.2, 0.25) is 0 Å². The van der Waals surface area contributed by atoms with Gasteiger partial charge in [0, 0.05) is 17.8 Å². The SMILES string of the molecule is CC(C)(C)c1ccc(NCC23CCC(N)(CC2)CC3)cc1. The molecule has 1 aromatic carbocycles. The molecule has 3 N–H and O–H groups in total. The summed E-state index contributed by atoms with van der Waals surface area (Å²) in [6.45, 7) is 7.89. The van der Waals surface area contributed by atoms with Gasteiger partial charge >= 0.3 is 0 Å². The smallest absolute Gasteiger partial charge is 0.0340 e. The molecule has 0 spiro atoms. The van der Waals surface area contributed by atoms with Crippen LogP contribution in [0, 0.1) is 5.41 Å². The summed E-state index contributed by atoms with van der Waals surface area (Å²) in [4.78, 5) is 0. The van der Waals surface area contributed by atoms with E-state index in [0.717, 1.165) is 6.54 Å². The molecule has 1 aromatic rings. The summed E-state index contributed by atoms with van der Waals surface area (Å²) < 4.78 is 0. The van der Waals surface area contributed by atoms with E-state index in [1.54, 1.807) is 0 Å². The average Bonchev–Trinajstić information content (AvgIpc) is 2.46. The van der Waals surface area contributed by atoms with E-state index in [1.807, 2.05) is 0 Å². The van der Waals surface area contributed by atoms with E-state index in [4.69, 9.17) is 5.73 Å². The zero-order valence-corrected chi connectivity index (χ0v) is 13.8. The monoisotopic (exact) mass is 286 g/mol. The largest absolute Gasteiger partial charge is 0.384 e. The molecule has 3 aliphatic rings. The van der Waals surface area contributed by atoms with Gasteiger partial charge in [-0.2, -0.15) is 0 Å². The average molecular weight is 286 g/mol. The van der Waals surface area contributed by atoms with Gasteiger partial charge in [0.2, 0.25) is 0 Å². The Labute approximate surface area is 129 Å². The van der Waals surface area contributed by atoms with Crippen molar-refractivity contribution in [2.75, 3.05) is 11.9 Å². The molecule has 0 atom stereocenters. The predicted octanol–water partition coefficient (Wildman–Crippen LogP) is 4.45. The number of benzene rings is 1. The highest BCUT2D eigenvalue weighted by Gasteiger charge is 2.46. The minimum atomic E-state index is 0.177. The van der Waals surface area contributed by atoms with E-state index in [1.165, 1.54) is 49.8 Å². The molecular formula is C19H30N2. The minimum Gasteiger partial charge on any atom is -0.384 e. The summed E-state index contributed by atoms with van der Waals surface area (Å²) >= 11 is 0. The van der Waals surface area contributed by atoms with Gasteiger partial charge in [0.25, 0.3) is 0 Å². The van der Waals surface area contributed by atoms with E-state index < -0.39 is 0 Å². The Morgan fingerprint density at radius 1 is 0.952 bits per heavy atom. The third-order valence-electron chi connectivity index (χ3n) is 5.88. The lowest BCUT2D eigenvalue weighted by Gasteiger charge is -2.52. The van der Waals surface area contributed by atoms with Gasteiger partial charge in [-0.1, -0.05) is 32.9 Å². The molecular weight excluding hydrogens is 256 g/mol. The van der Waals surface area contributed by atoms with Crippen molar-refractivity contribution in [3.05, 3.63) is 29.8 Å². The van der Waals surface area contributed by atoms with Crippen molar-refractivity contribution in [2.45, 2.75) is 70.3 Å². The molecule has 3 aliphatic carbocycles. The molecule has 0 aromatic heterocycles. The van der Waals surface area contributed by atoms with Crippen molar-refractivity contribution in [1.82, 2.24) is 0 Å². The second kappa shape index (κ2) is 5.01. The fourth-order valence-corrected chi connectivity index (χ4v) is 3.94. The standard InChI is InChI=1S/C19H30N2/c1-17(2,3)15-4-6-16(7-5-15)21-14-18-8-11-19(20,12-9-18)13-10-18/h4-7,21H,8-14,20H2,1-3H3. The van der Waals surface area contributed by atoms with Crippen LogP contribution in [0.3, 0.4) is 0 Å². The Kier molecular flexibility index (Phi) is 3.56. The first-order valence-electron chi connectivity index (χ1n) is 8.44. The molecule has 3 fully saturated rings. The summed E-state index contributed by atoms with van der Waals surface area (Å²) in [5.74, 6) is 0. The lowest BCUT2D eigenvalue weighted by Crippen LogP contribution is -2.53. The molecule has 0 radical (unpaired) electrons. The second-order valence-electron chi connectivity index (χ2n) is 8.54. The van der Waals surface area contributed by atoms with Crippen LogP contribution >= 0.6 is 0 Å². The van der Waals surface area contributed by atoms with Crippen LogP contribution in [-0.2, 0) is 5.41 Å². The van der Waals surface area contributed by atoms with Gasteiger partial charge in [0.05, 0.1) is 0 Å². The zero-order valence-electron chi connectivity index (χ0n) is 13.8. The lowest BCUT2D eigenvalue weighted by atomic mass is 9.57. The molecule has 2 nitrogen and oxygen atoms in total. The Bertz CT molecular complexity index is 471. The number of anilines is 1. The Morgan fingerprint density at radius 3 is 1.95 bits per heavy atom. The minimum absolute atomic E-state index is 0.177. The summed E-state index contributed by atoms with van der Waals surface area (Å²) in [6, 6.07) is 8.98. The molecule has 0 saturated heterocycles. The summed E-state index contributed by atoms with van der Waals surface area (Å²) in [5, 5.41) is 3.68. The second-order valence-corrected chi connectivity index (χ2v) is 8.54. The van der Waals surface area contributed by atoms with E-state index in [9.17, 15) is 0 Å². The van der Waals surface area contributed by atoms with Crippen molar-refractivity contribution in [1.29, 1.82) is 0 Å². The number of nitrogens with one attached hydrogen (secondary N) is 1. The normalized spacial score (nSPS) is 32.2. The fraction of sp³-hybridized carbons (Fsp3) is 0.684. The molecule has 21 heavy (non-hydrogen) atoms. The number of rotatable bonds is 3. The first kappa shape index (κ1) is 14.9. The van der Waals surface area contributed by atoms with Crippen LogP contribution in [0.25, 0.3) is 0 Å². The fourth-order valence-electron chi connectivity index (χ4n) is 3.94. The number of fused-ring (bicyclic) bond motifs is 3. The van der Waals surface area contributed by atoms with Crippen molar-refractivity contribution < 1.29 is 0 Å². The van der Waals surface area contributed by atoms with Gasteiger partial charge < -0.3 is 11.1 Å². The first-order valence-corrected chi connectivity index (χ1v) is 8.44. The predicted molar refractivity (Wildman–Crippen MR) is 90.7 cm³/mol. The number of hydrogen-bond donors (Lipinski definition) is 2. The van der Waals surface area contributed by atoms with Crippen molar-refractivity contribution >= 4 is 5.69 Å². The van der Waals surface area contributed by atoms with Gasteiger partial charge in [-0.3, -0.25) is 0 Å². The molecule has 0 unspecified atom stereocenters. The highest BCUT2D eigenvalue weighted by atomic mass is 14.9. The highest BCUT2D eigenvalue weighted by molar-refractivity contribution is 5.46. The summed E-state index contributed by atoms with van der Waals surface area (Å²) in [6.07, 6.45) is 7.57. The maximum Gasteiger partial charge on any atom is 0.0340 e. The van der Waals surface area contributed by atoms with E-state index >= 15 is 0 Å². The Hall–Kier alpha value is -1.02. The molecule has 116 valence electrons. The van der Waals surface area contributed by atoms with Crippen LogP contribution < -0.4 is 11.1 Å². The van der Waals surface area contributed by atoms with Gasteiger partial charge in [-0.25, -0.2) is 0 Å². The molecule has 0 aliphatic heterocycles. The van der Waals surface area contributed by atoms with Crippen LogP contribution in [0.15, 0.2) is 24.3 Å². The summed E-state index contributed by atoms with van der Waals surface area (Å²) in [7, 11) is 0. The summed E-state index contributed by atoms with van der Waals surface area (Å²) in [5.41, 5.74) is 9.97. The molecule has 0 heterocycles. The van der Waals surface area contributed by atoms with Crippen molar-refractivity contribution in [3.8, 4) is 0 Å². The van der Waals surface area contributed by atoms with Crippen LogP contribution in [0.1, 0.15) is 64.9 Å². The quantitative estimate of drug-likeness (QED) is 0.861. The lowest BCUT2D eigenvalue weighted by molar-refractivity contribution is 0.0556. The van der Waals surface area contributed by atoms with Crippen molar-refractivity contribution in [2.24, 2.45) is 11.1 Å². The van der Waals surface area contributed by atoms with E-state index in [-0.39, 0.29) is 11.0 Å². The van der Waals surface area contributed by atoms with Crippen molar-refractivity contribution in [3.63, 3.8) is 0 Å². The number of nitrogens with two attached hydrogens (primary N) is 1. The van der Waals surface area contributed by atoms with E-state index in [0.29, 0.717) is 5.41 Å². The van der Waals surface area contributed by atoms with Gasteiger partial charge in [0.15, 0.2) is 0 Å². The maximum absolute atomic E-state index is 6.40. The molecule has 2 heteroatoms.